The average molecular weight is 403 g/mol. The number of halogens is 1. The molecule has 0 aromatic rings. The summed E-state index contributed by atoms with van der Waals surface area (Å²) in [7, 11) is 0. The van der Waals surface area contributed by atoms with Gasteiger partial charge in [0.2, 0.25) is 0 Å². The molecule has 158 valence electrons. The van der Waals surface area contributed by atoms with E-state index >= 15 is 4.39 Å². The molecular formula is C24H31FO4. The van der Waals surface area contributed by atoms with Crippen LogP contribution in [0.25, 0.3) is 0 Å². The zero-order valence-electron chi connectivity index (χ0n) is 18.0. The van der Waals surface area contributed by atoms with Gasteiger partial charge in [-0.25, -0.2) is 4.39 Å². The Morgan fingerprint density at radius 2 is 1.90 bits per heavy atom. The summed E-state index contributed by atoms with van der Waals surface area (Å²) in [5.41, 5.74) is 0.139. The average Bonchev–Trinajstić information content (AvgIpc) is 3.03. The number of hydrogen-bond acceptors (Lipinski definition) is 4. The Balaban J connectivity index is 1.62. The Bertz CT molecular complexity index is 872. The number of hydrogen-bond donors (Lipinski definition) is 0. The molecule has 0 unspecified atom stereocenters. The van der Waals surface area contributed by atoms with Crippen LogP contribution in [0.3, 0.4) is 0 Å². The molecule has 5 rings (SSSR count). The van der Waals surface area contributed by atoms with E-state index in [4.69, 9.17) is 9.47 Å². The summed E-state index contributed by atoms with van der Waals surface area (Å²) in [5, 5.41) is 0. The number of fused-ring (bicyclic) bond motifs is 7. The molecule has 1 saturated heterocycles. The molecule has 0 aromatic heterocycles. The summed E-state index contributed by atoms with van der Waals surface area (Å²) < 4.78 is 28.0. The number of allylic oxidation sites excluding steroid dienone is 4. The molecule has 0 N–H and O–H groups in total. The highest BCUT2D eigenvalue weighted by Crippen LogP contribution is 2.69. The van der Waals surface area contributed by atoms with Gasteiger partial charge in [-0.1, -0.05) is 25.5 Å². The molecule has 29 heavy (non-hydrogen) atoms. The van der Waals surface area contributed by atoms with Gasteiger partial charge in [-0.05, 0) is 69.9 Å². The van der Waals surface area contributed by atoms with Gasteiger partial charge in [0.1, 0.15) is 6.17 Å². The number of Topliss-reactive ketones (excluding diaryl/α,β-unsaturated/α-hetero) is 1. The Hall–Kier alpha value is -1.33. The Morgan fingerprint density at radius 1 is 1.17 bits per heavy atom. The molecule has 0 aromatic carbocycles. The largest absolute Gasteiger partial charge is 0.344 e. The zero-order chi connectivity index (χ0) is 21.0. The predicted molar refractivity (Wildman–Crippen MR) is 106 cm³/mol. The van der Waals surface area contributed by atoms with Crippen LogP contribution in [0.15, 0.2) is 23.3 Å². The maximum Gasteiger partial charge on any atom is 0.164 e. The summed E-state index contributed by atoms with van der Waals surface area (Å²) in [6.45, 7) is 9.59. The molecule has 4 nitrogen and oxygen atoms in total. The van der Waals surface area contributed by atoms with Crippen molar-refractivity contribution in [2.75, 3.05) is 0 Å². The van der Waals surface area contributed by atoms with Crippen molar-refractivity contribution >= 4 is 11.6 Å². The topological polar surface area (TPSA) is 52.6 Å². The smallest absolute Gasteiger partial charge is 0.164 e. The minimum absolute atomic E-state index is 0.0117. The van der Waals surface area contributed by atoms with Gasteiger partial charge in [-0.2, -0.15) is 0 Å². The van der Waals surface area contributed by atoms with Crippen molar-refractivity contribution in [3.8, 4) is 0 Å². The monoisotopic (exact) mass is 402 g/mol. The van der Waals surface area contributed by atoms with Crippen molar-refractivity contribution < 1.29 is 23.5 Å². The molecular weight excluding hydrogens is 371 g/mol. The molecule has 7 atom stereocenters. The van der Waals surface area contributed by atoms with Crippen LogP contribution in [0, 0.1) is 22.7 Å². The van der Waals surface area contributed by atoms with Crippen molar-refractivity contribution in [3.63, 3.8) is 0 Å². The first-order valence-corrected chi connectivity index (χ1v) is 10.9. The van der Waals surface area contributed by atoms with Crippen molar-refractivity contribution in [2.45, 2.75) is 90.4 Å². The molecule has 1 heterocycles. The van der Waals surface area contributed by atoms with Crippen molar-refractivity contribution in [2.24, 2.45) is 22.7 Å². The number of rotatable bonds is 1. The van der Waals surface area contributed by atoms with Gasteiger partial charge in [-0.15, -0.1) is 0 Å². The lowest BCUT2D eigenvalue weighted by atomic mass is 9.50. The van der Waals surface area contributed by atoms with Crippen LogP contribution < -0.4 is 0 Å². The first-order valence-electron chi connectivity index (χ1n) is 10.9. The Kier molecular flexibility index (Phi) is 3.84. The van der Waals surface area contributed by atoms with Crippen LogP contribution in [0.1, 0.15) is 66.7 Å². The molecule has 5 aliphatic rings. The van der Waals surface area contributed by atoms with Crippen LogP contribution in [-0.4, -0.2) is 35.2 Å². The van der Waals surface area contributed by atoms with Gasteiger partial charge in [0, 0.05) is 17.3 Å². The lowest BCUT2D eigenvalue weighted by Gasteiger charge is -2.55. The Morgan fingerprint density at radius 3 is 2.59 bits per heavy atom. The molecule has 0 spiro atoms. The summed E-state index contributed by atoms with van der Waals surface area (Å²) >= 11 is 0. The van der Waals surface area contributed by atoms with Gasteiger partial charge in [0.25, 0.3) is 0 Å². The molecule has 3 fully saturated rings. The summed E-state index contributed by atoms with van der Waals surface area (Å²) in [4.78, 5) is 25.0. The van der Waals surface area contributed by atoms with Crippen LogP contribution in [0.5, 0.6) is 0 Å². The number of ether oxygens (including phenoxy) is 2. The predicted octanol–water partition coefficient (Wildman–Crippen LogP) is 4.48. The van der Waals surface area contributed by atoms with Crippen LogP contribution in [0.4, 0.5) is 4.39 Å². The van der Waals surface area contributed by atoms with Crippen LogP contribution in [0.2, 0.25) is 0 Å². The number of alkyl halides is 1. The number of carbonyl (C=O) groups excluding carboxylic acids is 2. The molecule has 5 heteroatoms. The summed E-state index contributed by atoms with van der Waals surface area (Å²) in [5.74, 6) is -0.569. The fourth-order valence-corrected chi connectivity index (χ4v) is 7.61. The van der Waals surface area contributed by atoms with E-state index in [-0.39, 0.29) is 34.9 Å². The molecule has 2 saturated carbocycles. The minimum atomic E-state index is -1.11. The lowest BCUT2D eigenvalue weighted by Crippen LogP contribution is -2.58. The Labute approximate surface area is 171 Å². The highest BCUT2D eigenvalue weighted by molar-refractivity contribution is 5.92. The van der Waals surface area contributed by atoms with E-state index in [2.05, 4.69) is 19.9 Å². The molecule has 0 radical (unpaired) electrons. The fraction of sp³-hybridized carbons (Fsp3) is 0.750. The van der Waals surface area contributed by atoms with Gasteiger partial charge < -0.3 is 9.47 Å². The third-order valence-corrected chi connectivity index (χ3v) is 8.84. The van der Waals surface area contributed by atoms with Gasteiger partial charge in [0.15, 0.2) is 23.0 Å². The van der Waals surface area contributed by atoms with Crippen molar-refractivity contribution in [1.82, 2.24) is 0 Å². The third kappa shape index (κ3) is 2.26. The third-order valence-electron chi connectivity index (χ3n) is 8.84. The summed E-state index contributed by atoms with van der Waals surface area (Å²) in [6.07, 6.45) is 5.35. The maximum atomic E-state index is 15.4. The second-order valence-electron chi connectivity index (χ2n) is 10.7. The molecule has 4 aliphatic carbocycles. The molecule has 0 amide bonds. The van der Waals surface area contributed by atoms with E-state index in [1.807, 2.05) is 13.8 Å². The van der Waals surface area contributed by atoms with Gasteiger partial charge >= 0.3 is 0 Å². The van der Waals surface area contributed by atoms with Crippen molar-refractivity contribution in [1.29, 1.82) is 0 Å². The van der Waals surface area contributed by atoms with E-state index in [9.17, 15) is 9.59 Å². The van der Waals surface area contributed by atoms with Crippen molar-refractivity contribution in [3.05, 3.63) is 23.3 Å². The van der Waals surface area contributed by atoms with Crippen LogP contribution >= 0.6 is 0 Å². The van der Waals surface area contributed by atoms with E-state index in [0.29, 0.717) is 37.7 Å². The van der Waals surface area contributed by atoms with E-state index in [1.165, 1.54) is 5.57 Å². The highest BCUT2D eigenvalue weighted by Gasteiger charge is 2.74. The standard InChI is InChI=1S/C24H31FO4/c1-13(26)24-20(28-21(2,3)29-24)12-17-15-11-19(25)18-10-14(27)6-8-22(18,4)16(15)7-9-23(17,24)5/h7,10,15,17,19-20H,6,8-9,11-12H2,1-5H3/t15-,17+,19+,20-,22-,23+,24-/m1/s1. The fourth-order valence-electron chi connectivity index (χ4n) is 7.61. The normalized spacial score (nSPS) is 50.1. The SMILES string of the molecule is CC(=O)[C@@]12OC(C)(C)O[C@@H]1C[C@H]1[C@@H]3C[C@H](F)C4=CC(=O)CC[C@]4(C)C3=CC[C@@]12C. The molecule has 0 bridgehead atoms. The van der Waals surface area contributed by atoms with Gasteiger partial charge in [0.05, 0.1) is 6.10 Å². The quantitative estimate of drug-likeness (QED) is 0.607. The summed E-state index contributed by atoms with van der Waals surface area (Å²) in [6, 6.07) is 0. The number of carbonyl (C=O) groups is 2. The van der Waals surface area contributed by atoms with E-state index in [1.54, 1.807) is 13.0 Å². The first-order chi connectivity index (χ1) is 13.4. The second-order valence-corrected chi connectivity index (χ2v) is 10.7. The van der Waals surface area contributed by atoms with Gasteiger partial charge in [-0.3, -0.25) is 9.59 Å². The highest BCUT2D eigenvalue weighted by atomic mass is 19.1. The van der Waals surface area contributed by atoms with E-state index in [0.717, 1.165) is 0 Å². The maximum absolute atomic E-state index is 15.4. The first kappa shape index (κ1) is 19.6. The minimum Gasteiger partial charge on any atom is -0.344 e. The molecule has 1 aliphatic heterocycles. The zero-order valence-corrected chi connectivity index (χ0v) is 18.0. The van der Waals surface area contributed by atoms with E-state index < -0.39 is 23.0 Å². The number of ketones is 2. The second kappa shape index (κ2) is 5.67. The lowest BCUT2D eigenvalue weighted by molar-refractivity contribution is -0.204. The van der Waals surface area contributed by atoms with Crippen LogP contribution in [-0.2, 0) is 19.1 Å².